The molecule has 2 aromatic rings. The summed E-state index contributed by atoms with van der Waals surface area (Å²) in [4.78, 5) is 0. The van der Waals surface area contributed by atoms with Gasteiger partial charge in [-0.3, -0.25) is 4.57 Å². The average molecular weight is 179 g/mol. The Balaban J connectivity index is 2.35. The Labute approximate surface area is 74.7 Å². The van der Waals surface area contributed by atoms with Crippen LogP contribution in [0.1, 0.15) is 11.9 Å². The second kappa shape index (κ2) is 3.06. The maximum atomic E-state index is 4.06. The van der Waals surface area contributed by atoms with E-state index in [-0.39, 0.29) is 0 Å². The monoisotopic (exact) mass is 179 g/mol. The molecule has 3 nitrogen and oxygen atoms in total. The van der Waals surface area contributed by atoms with Gasteiger partial charge in [0.1, 0.15) is 5.01 Å². The SMILES string of the molecule is CCc1nnc(-n2cccc2)s1. The van der Waals surface area contributed by atoms with Gasteiger partial charge in [0.2, 0.25) is 5.13 Å². The van der Waals surface area contributed by atoms with E-state index in [2.05, 4.69) is 17.1 Å². The first-order valence-electron chi connectivity index (χ1n) is 3.86. The van der Waals surface area contributed by atoms with Crippen molar-refractivity contribution < 1.29 is 0 Å². The molecule has 2 heterocycles. The molecule has 0 radical (unpaired) electrons. The van der Waals surface area contributed by atoms with Crippen molar-refractivity contribution in [2.24, 2.45) is 0 Å². The highest BCUT2D eigenvalue weighted by molar-refractivity contribution is 7.13. The summed E-state index contributed by atoms with van der Waals surface area (Å²) < 4.78 is 1.97. The van der Waals surface area contributed by atoms with E-state index in [0.29, 0.717) is 0 Å². The Morgan fingerprint density at radius 3 is 2.67 bits per heavy atom. The van der Waals surface area contributed by atoms with Gasteiger partial charge in [0, 0.05) is 12.4 Å². The predicted molar refractivity (Wildman–Crippen MR) is 48.6 cm³/mol. The van der Waals surface area contributed by atoms with Crippen molar-refractivity contribution in [3.05, 3.63) is 29.5 Å². The Morgan fingerprint density at radius 2 is 2.08 bits per heavy atom. The fourth-order valence-electron chi connectivity index (χ4n) is 0.954. The standard InChI is InChI=1S/C8H9N3S/c1-2-7-9-10-8(12-7)11-5-3-4-6-11/h3-6H,2H2,1H3. The summed E-state index contributed by atoms with van der Waals surface area (Å²) in [6.07, 6.45) is 4.90. The van der Waals surface area contributed by atoms with Gasteiger partial charge in [-0.15, -0.1) is 10.2 Å². The third kappa shape index (κ3) is 1.25. The number of rotatable bonds is 2. The lowest BCUT2D eigenvalue weighted by molar-refractivity contribution is 0.935. The molecule has 0 unspecified atom stereocenters. The molecule has 0 aromatic carbocycles. The van der Waals surface area contributed by atoms with Crippen LogP contribution in [-0.4, -0.2) is 14.8 Å². The summed E-state index contributed by atoms with van der Waals surface area (Å²) >= 11 is 1.63. The number of aromatic nitrogens is 3. The Kier molecular flexibility index (Phi) is 1.91. The van der Waals surface area contributed by atoms with E-state index >= 15 is 0 Å². The van der Waals surface area contributed by atoms with Gasteiger partial charge < -0.3 is 0 Å². The minimum Gasteiger partial charge on any atom is -0.299 e. The smallest absolute Gasteiger partial charge is 0.216 e. The molecule has 62 valence electrons. The van der Waals surface area contributed by atoms with Crippen LogP contribution in [0, 0.1) is 0 Å². The molecule has 0 bridgehead atoms. The van der Waals surface area contributed by atoms with Crippen LogP contribution in [-0.2, 0) is 6.42 Å². The average Bonchev–Trinajstić information content (AvgIpc) is 2.75. The van der Waals surface area contributed by atoms with Crippen molar-refractivity contribution in [1.29, 1.82) is 0 Å². The van der Waals surface area contributed by atoms with Crippen LogP contribution in [0.15, 0.2) is 24.5 Å². The topological polar surface area (TPSA) is 30.7 Å². The van der Waals surface area contributed by atoms with Crippen LogP contribution in [0.25, 0.3) is 5.13 Å². The molecular formula is C8H9N3S. The fourth-order valence-corrected chi connectivity index (χ4v) is 1.70. The fraction of sp³-hybridized carbons (Fsp3) is 0.250. The van der Waals surface area contributed by atoms with Crippen molar-refractivity contribution in [2.75, 3.05) is 0 Å². The summed E-state index contributed by atoms with van der Waals surface area (Å²) in [5.74, 6) is 0. The zero-order valence-electron chi connectivity index (χ0n) is 6.77. The van der Waals surface area contributed by atoms with Crippen LogP contribution in [0.5, 0.6) is 0 Å². The van der Waals surface area contributed by atoms with Crippen LogP contribution in [0.3, 0.4) is 0 Å². The van der Waals surface area contributed by atoms with E-state index in [1.807, 2.05) is 29.1 Å². The van der Waals surface area contributed by atoms with Gasteiger partial charge in [-0.25, -0.2) is 0 Å². The Bertz CT molecular complexity index is 350. The van der Waals surface area contributed by atoms with Gasteiger partial charge in [0.15, 0.2) is 0 Å². The van der Waals surface area contributed by atoms with Crippen molar-refractivity contribution >= 4 is 11.3 Å². The molecule has 0 saturated carbocycles. The molecule has 0 saturated heterocycles. The number of aryl methyl sites for hydroxylation is 1. The minimum atomic E-state index is 0.942. The van der Waals surface area contributed by atoms with E-state index in [4.69, 9.17) is 0 Å². The van der Waals surface area contributed by atoms with Crippen molar-refractivity contribution in [3.63, 3.8) is 0 Å². The summed E-state index contributed by atoms with van der Waals surface area (Å²) in [5.41, 5.74) is 0. The zero-order valence-corrected chi connectivity index (χ0v) is 7.58. The first-order chi connectivity index (χ1) is 5.90. The lowest BCUT2D eigenvalue weighted by Crippen LogP contribution is -1.86. The highest BCUT2D eigenvalue weighted by Crippen LogP contribution is 2.14. The molecular weight excluding hydrogens is 170 g/mol. The third-order valence-corrected chi connectivity index (χ3v) is 2.66. The van der Waals surface area contributed by atoms with Gasteiger partial charge in [-0.2, -0.15) is 0 Å². The normalized spacial score (nSPS) is 10.4. The summed E-state index contributed by atoms with van der Waals surface area (Å²) in [5, 5.41) is 10.1. The molecule has 2 aromatic heterocycles. The summed E-state index contributed by atoms with van der Waals surface area (Å²) in [6, 6.07) is 3.96. The van der Waals surface area contributed by atoms with Gasteiger partial charge >= 0.3 is 0 Å². The van der Waals surface area contributed by atoms with Crippen LogP contribution in [0.2, 0.25) is 0 Å². The molecule has 0 aliphatic carbocycles. The first-order valence-corrected chi connectivity index (χ1v) is 4.67. The number of hydrogen-bond acceptors (Lipinski definition) is 3. The van der Waals surface area contributed by atoms with E-state index in [1.54, 1.807) is 11.3 Å². The van der Waals surface area contributed by atoms with Crippen LogP contribution < -0.4 is 0 Å². The molecule has 12 heavy (non-hydrogen) atoms. The van der Waals surface area contributed by atoms with Gasteiger partial charge in [-0.1, -0.05) is 18.3 Å². The van der Waals surface area contributed by atoms with E-state index in [0.717, 1.165) is 16.6 Å². The maximum absolute atomic E-state index is 4.06. The second-order valence-corrected chi connectivity index (χ2v) is 3.46. The van der Waals surface area contributed by atoms with Crippen molar-refractivity contribution in [3.8, 4) is 5.13 Å². The first kappa shape index (κ1) is 7.49. The van der Waals surface area contributed by atoms with Crippen LogP contribution >= 0.6 is 11.3 Å². The minimum absolute atomic E-state index is 0.942. The molecule has 2 rings (SSSR count). The Morgan fingerprint density at radius 1 is 1.33 bits per heavy atom. The molecule has 0 fully saturated rings. The highest BCUT2D eigenvalue weighted by atomic mass is 32.1. The molecule has 0 aliphatic heterocycles. The molecule has 0 amide bonds. The molecule has 0 aliphatic rings. The van der Waals surface area contributed by atoms with Gasteiger partial charge in [-0.05, 0) is 18.6 Å². The predicted octanol–water partition coefficient (Wildman–Crippen LogP) is 1.89. The van der Waals surface area contributed by atoms with E-state index < -0.39 is 0 Å². The van der Waals surface area contributed by atoms with Crippen molar-refractivity contribution in [2.45, 2.75) is 13.3 Å². The second-order valence-electron chi connectivity index (χ2n) is 2.42. The van der Waals surface area contributed by atoms with Crippen molar-refractivity contribution in [1.82, 2.24) is 14.8 Å². The van der Waals surface area contributed by atoms with Crippen LogP contribution in [0.4, 0.5) is 0 Å². The van der Waals surface area contributed by atoms with E-state index in [1.165, 1.54) is 0 Å². The lowest BCUT2D eigenvalue weighted by atomic mass is 10.5. The van der Waals surface area contributed by atoms with Gasteiger partial charge in [0.05, 0.1) is 0 Å². The number of hydrogen-bond donors (Lipinski definition) is 0. The molecule has 0 N–H and O–H groups in total. The van der Waals surface area contributed by atoms with Gasteiger partial charge in [0.25, 0.3) is 0 Å². The Hall–Kier alpha value is -1.16. The molecule has 4 heteroatoms. The maximum Gasteiger partial charge on any atom is 0.216 e. The molecule has 0 spiro atoms. The summed E-state index contributed by atoms with van der Waals surface area (Å²) in [6.45, 7) is 2.08. The lowest BCUT2D eigenvalue weighted by Gasteiger charge is -1.91. The van der Waals surface area contributed by atoms with E-state index in [9.17, 15) is 0 Å². The zero-order chi connectivity index (χ0) is 8.39. The largest absolute Gasteiger partial charge is 0.299 e. The number of nitrogens with zero attached hydrogens (tertiary/aromatic N) is 3. The summed E-state index contributed by atoms with van der Waals surface area (Å²) in [7, 11) is 0. The third-order valence-electron chi connectivity index (χ3n) is 1.58. The molecule has 0 atom stereocenters. The quantitative estimate of drug-likeness (QED) is 0.704. The highest BCUT2D eigenvalue weighted by Gasteiger charge is 2.01.